The molecule has 2 rings (SSSR count). The number of nitrogens with zero attached hydrogens (tertiary/aromatic N) is 2. The van der Waals surface area contributed by atoms with E-state index in [4.69, 9.17) is 5.73 Å². The second kappa shape index (κ2) is 4.14. The molecule has 4 nitrogen and oxygen atoms in total. The lowest BCUT2D eigenvalue weighted by molar-refractivity contribution is 0.0994. The van der Waals surface area contributed by atoms with E-state index in [0.717, 1.165) is 5.56 Å². The predicted octanol–water partition coefficient (Wildman–Crippen LogP) is 0.970. The lowest BCUT2D eigenvalue weighted by Crippen LogP contribution is -2.12. The van der Waals surface area contributed by atoms with E-state index in [1.807, 2.05) is 0 Å². The van der Waals surface area contributed by atoms with Crippen LogP contribution in [-0.2, 0) is 6.54 Å². The second-order valence-corrected chi connectivity index (χ2v) is 3.31. The number of halogens is 1. The fraction of sp³-hybridized carbons (Fsp3) is 0.0909. The Morgan fingerprint density at radius 2 is 2.12 bits per heavy atom. The number of aromatic nitrogens is 2. The standard InChI is InChI=1S/C11H9FN3O/c12-9-3-1-8(2-4-9)7-15-6-5-10(14-15)11(13)16/h1-4,6H,7H2,(H2,13,16). The van der Waals surface area contributed by atoms with Crippen LogP contribution in [0.25, 0.3) is 0 Å². The molecule has 1 amide bonds. The first-order valence-electron chi connectivity index (χ1n) is 4.64. The third kappa shape index (κ3) is 2.25. The summed E-state index contributed by atoms with van der Waals surface area (Å²) in [4.78, 5) is 10.8. The summed E-state index contributed by atoms with van der Waals surface area (Å²) in [5, 5.41) is 3.92. The van der Waals surface area contributed by atoms with E-state index in [2.05, 4.69) is 11.2 Å². The monoisotopic (exact) mass is 218 g/mol. The highest BCUT2D eigenvalue weighted by atomic mass is 19.1. The number of amides is 1. The van der Waals surface area contributed by atoms with Crippen LogP contribution in [0.1, 0.15) is 16.1 Å². The molecule has 2 aromatic rings. The van der Waals surface area contributed by atoms with Crippen molar-refractivity contribution in [1.82, 2.24) is 9.78 Å². The van der Waals surface area contributed by atoms with E-state index in [-0.39, 0.29) is 11.5 Å². The molecule has 16 heavy (non-hydrogen) atoms. The number of benzene rings is 1. The summed E-state index contributed by atoms with van der Waals surface area (Å²) in [6.45, 7) is 0.448. The van der Waals surface area contributed by atoms with Gasteiger partial charge in [-0.15, -0.1) is 0 Å². The van der Waals surface area contributed by atoms with Crippen LogP contribution in [-0.4, -0.2) is 15.7 Å². The van der Waals surface area contributed by atoms with Gasteiger partial charge < -0.3 is 5.73 Å². The summed E-state index contributed by atoms with van der Waals surface area (Å²) in [5.41, 5.74) is 6.03. The fourth-order valence-corrected chi connectivity index (χ4v) is 1.30. The Kier molecular flexibility index (Phi) is 2.68. The Hall–Kier alpha value is -2.17. The van der Waals surface area contributed by atoms with Gasteiger partial charge in [0, 0.05) is 12.3 Å². The summed E-state index contributed by atoms with van der Waals surface area (Å²) in [5.74, 6) is -0.897. The molecular formula is C11H9FN3O. The molecule has 0 fully saturated rings. The van der Waals surface area contributed by atoms with Crippen molar-refractivity contribution in [1.29, 1.82) is 0 Å². The number of carbonyl (C=O) groups excluding carboxylic acids is 1. The summed E-state index contributed by atoms with van der Waals surface area (Å²) in [7, 11) is 0. The average Bonchev–Trinajstić information content (AvgIpc) is 2.70. The summed E-state index contributed by atoms with van der Waals surface area (Å²) >= 11 is 0. The number of rotatable bonds is 3. The number of nitrogens with two attached hydrogens (primary N) is 1. The molecule has 81 valence electrons. The van der Waals surface area contributed by atoms with Gasteiger partial charge in [-0.3, -0.25) is 9.48 Å². The maximum Gasteiger partial charge on any atom is 0.269 e. The van der Waals surface area contributed by atoms with E-state index in [1.165, 1.54) is 23.0 Å². The van der Waals surface area contributed by atoms with Crippen molar-refractivity contribution >= 4 is 5.91 Å². The average molecular weight is 218 g/mol. The molecule has 1 radical (unpaired) electrons. The van der Waals surface area contributed by atoms with Crippen molar-refractivity contribution in [3.05, 3.63) is 53.6 Å². The van der Waals surface area contributed by atoms with Crippen LogP contribution < -0.4 is 5.73 Å². The van der Waals surface area contributed by atoms with Crippen molar-refractivity contribution in [2.24, 2.45) is 5.73 Å². The van der Waals surface area contributed by atoms with Gasteiger partial charge in [0.25, 0.3) is 5.91 Å². The molecule has 2 N–H and O–H groups in total. The maximum absolute atomic E-state index is 12.6. The molecule has 0 saturated carbocycles. The molecule has 0 spiro atoms. The molecule has 0 aliphatic heterocycles. The smallest absolute Gasteiger partial charge is 0.269 e. The van der Waals surface area contributed by atoms with Crippen LogP contribution in [0, 0.1) is 11.9 Å². The third-order valence-electron chi connectivity index (χ3n) is 2.07. The fourth-order valence-electron chi connectivity index (χ4n) is 1.30. The molecule has 0 atom stereocenters. The zero-order chi connectivity index (χ0) is 11.5. The largest absolute Gasteiger partial charge is 0.364 e. The minimum atomic E-state index is -0.613. The lowest BCUT2D eigenvalue weighted by Gasteiger charge is -2.01. The maximum atomic E-state index is 12.6. The molecular weight excluding hydrogens is 209 g/mol. The Bertz CT molecular complexity index is 504. The second-order valence-electron chi connectivity index (χ2n) is 3.31. The molecule has 0 aliphatic rings. The van der Waals surface area contributed by atoms with Gasteiger partial charge in [0.1, 0.15) is 5.82 Å². The van der Waals surface area contributed by atoms with Gasteiger partial charge in [-0.05, 0) is 17.7 Å². The molecule has 1 aromatic carbocycles. The zero-order valence-corrected chi connectivity index (χ0v) is 8.35. The Morgan fingerprint density at radius 1 is 1.44 bits per heavy atom. The van der Waals surface area contributed by atoms with Crippen LogP contribution in [0.15, 0.2) is 30.5 Å². The first-order chi connectivity index (χ1) is 7.65. The topological polar surface area (TPSA) is 60.9 Å². The summed E-state index contributed by atoms with van der Waals surface area (Å²) in [6.07, 6.45) is 1.53. The Balaban J connectivity index is 2.14. The van der Waals surface area contributed by atoms with Crippen molar-refractivity contribution in [2.45, 2.75) is 6.54 Å². The van der Waals surface area contributed by atoms with Crippen LogP contribution in [0.4, 0.5) is 4.39 Å². The van der Waals surface area contributed by atoms with E-state index in [0.29, 0.717) is 6.54 Å². The SMILES string of the molecule is NC(=O)c1[c]cn(Cc2ccc(F)cc2)n1. The van der Waals surface area contributed by atoms with Crippen LogP contribution in [0.3, 0.4) is 0 Å². The van der Waals surface area contributed by atoms with Crippen molar-refractivity contribution in [3.8, 4) is 0 Å². The highest BCUT2D eigenvalue weighted by molar-refractivity contribution is 5.90. The van der Waals surface area contributed by atoms with E-state index in [1.54, 1.807) is 12.1 Å². The predicted molar refractivity (Wildman–Crippen MR) is 55.1 cm³/mol. The molecule has 5 heteroatoms. The summed E-state index contributed by atoms with van der Waals surface area (Å²) < 4.78 is 14.2. The first-order valence-corrected chi connectivity index (χ1v) is 4.64. The minimum Gasteiger partial charge on any atom is -0.364 e. The van der Waals surface area contributed by atoms with Gasteiger partial charge in [0.2, 0.25) is 0 Å². The van der Waals surface area contributed by atoms with Crippen molar-refractivity contribution in [3.63, 3.8) is 0 Å². The number of primary amides is 1. The molecule has 0 aliphatic carbocycles. The van der Waals surface area contributed by atoms with Crippen LogP contribution >= 0.6 is 0 Å². The third-order valence-corrected chi connectivity index (χ3v) is 2.07. The van der Waals surface area contributed by atoms with Crippen LogP contribution in [0.5, 0.6) is 0 Å². The zero-order valence-electron chi connectivity index (χ0n) is 8.35. The van der Waals surface area contributed by atoms with Crippen molar-refractivity contribution < 1.29 is 9.18 Å². The highest BCUT2D eigenvalue weighted by Crippen LogP contribution is 2.05. The lowest BCUT2D eigenvalue weighted by atomic mass is 10.2. The first kappa shape index (κ1) is 10.4. The number of hydrogen-bond donors (Lipinski definition) is 1. The van der Waals surface area contributed by atoms with Gasteiger partial charge in [0.05, 0.1) is 6.54 Å². The van der Waals surface area contributed by atoms with Crippen molar-refractivity contribution in [2.75, 3.05) is 0 Å². The normalized spacial score (nSPS) is 10.3. The van der Waals surface area contributed by atoms with Gasteiger partial charge in [-0.2, -0.15) is 5.10 Å². The molecule has 1 aromatic heterocycles. The molecule has 0 unspecified atom stereocenters. The number of hydrogen-bond acceptors (Lipinski definition) is 2. The molecule has 0 saturated heterocycles. The van der Waals surface area contributed by atoms with Gasteiger partial charge in [0.15, 0.2) is 5.69 Å². The quantitative estimate of drug-likeness (QED) is 0.834. The highest BCUT2D eigenvalue weighted by Gasteiger charge is 2.05. The van der Waals surface area contributed by atoms with E-state index >= 15 is 0 Å². The van der Waals surface area contributed by atoms with Gasteiger partial charge >= 0.3 is 0 Å². The molecule has 1 heterocycles. The molecule has 0 bridgehead atoms. The Labute approximate surface area is 91.5 Å². The minimum absolute atomic E-state index is 0.0992. The van der Waals surface area contributed by atoms with Gasteiger partial charge in [-0.25, -0.2) is 4.39 Å². The van der Waals surface area contributed by atoms with E-state index in [9.17, 15) is 9.18 Å². The summed E-state index contributed by atoms with van der Waals surface area (Å²) in [6, 6.07) is 8.69. The van der Waals surface area contributed by atoms with Crippen LogP contribution in [0.2, 0.25) is 0 Å². The Morgan fingerprint density at radius 3 is 2.69 bits per heavy atom. The van der Waals surface area contributed by atoms with Gasteiger partial charge in [-0.1, -0.05) is 12.1 Å². The van der Waals surface area contributed by atoms with E-state index < -0.39 is 5.91 Å². The number of carbonyl (C=O) groups is 1.